The van der Waals surface area contributed by atoms with E-state index < -0.39 is 0 Å². The molecule has 31 heavy (non-hydrogen) atoms. The highest BCUT2D eigenvalue weighted by atomic mass is 127. The first-order valence-electron chi connectivity index (χ1n) is 11.1. The Kier molecular flexibility index (Phi) is 8.95. The number of hydrogen-bond donors (Lipinski definition) is 1. The second-order valence-corrected chi connectivity index (χ2v) is 8.05. The van der Waals surface area contributed by atoms with Crippen LogP contribution in [0.5, 0.6) is 0 Å². The van der Waals surface area contributed by atoms with Crippen molar-refractivity contribution >= 4 is 35.8 Å². The lowest BCUT2D eigenvalue weighted by Crippen LogP contribution is -2.48. The van der Waals surface area contributed by atoms with Gasteiger partial charge in [0.1, 0.15) is 11.9 Å². The number of hydrogen-bond acceptors (Lipinski definition) is 4. The molecule has 168 valence electrons. The van der Waals surface area contributed by atoms with Crippen molar-refractivity contribution in [2.45, 2.75) is 39.3 Å². The maximum absolute atomic E-state index is 6.10. The van der Waals surface area contributed by atoms with Gasteiger partial charge in [0.2, 0.25) is 0 Å². The van der Waals surface area contributed by atoms with Gasteiger partial charge in [0.25, 0.3) is 0 Å². The van der Waals surface area contributed by atoms with Crippen LogP contribution in [-0.2, 0) is 11.3 Å². The first-order valence-corrected chi connectivity index (χ1v) is 11.1. The molecular weight excluding hydrogens is 501 g/mol. The van der Waals surface area contributed by atoms with Gasteiger partial charge < -0.3 is 19.9 Å². The number of ether oxygens (including phenoxy) is 1. The molecule has 1 aromatic carbocycles. The third-order valence-corrected chi connectivity index (χ3v) is 5.89. The quantitative estimate of drug-likeness (QED) is 0.355. The number of aryl methyl sites for hydroxylation is 1. The Morgan fingerprint density at radius 1 is 1.19 bits per heavy atom. The van der Waals surface area contributed by atoms with E-state index in [0.717, 1.165) is 44.5 Å². The molecule has 2 aliphatic rings. The zero-order valence-electron chi connectivity index (χ0n) is 18.6. The van der Waals surface area contributed by atoms with Gasteiger partial charge in [-0.25, -0.2) is 9.98 Å². The zero-order chi connectivity index (χ0) is 20.8. The molecule has 6 nitrogen and oxygen atoms in total. The summed E-state index contributed by atoms with van der Waals surface area (Å²) in [6.07, 6.45) is 4.50. The summed E-state index contributed by atoms with van der Waals surface area (Å²) in [5.74, 6) is 2.04. The second kappa shape index (κ2) is 11.7. The molecule has 1 atom stereocenters. The number of nitrogens with zero attached hydrogens (tertiary/aromatic N) is 4. The van der Waals surface area contributed by atoms with Crippen LogP contribution < -0.4 is 10.2 Å². The summed E-state index contributed by atoms with van der Waals surface area (Å²) in [5, 5.41) is 3.47. The smallest absolute Gasteiger partial charge is 0.194 e. The number of halogens is 1. The third kappa shape index (κ3) is 6.10. The van der Waals surface area contributed by atoms with E-state index in [4.69, 9.17) is 9.73 Å². The van der Waals surface area contributed by atoms with Gasteiger partial charge in [-0.05, 0) is 55.5 Å². The molecule has 0 radical (unpaired) electrons. The van der Waals surface area contributed by atoms with Gasteiger partial charge in [-0.1, -0.05) is 24.3 Å². The monoisotopic (exact) mass is 535 g/mol. The molecule has 0 bridgehead atoms. The van der Waals surface area contributed by atoms with E-state index in [-0.39, 0.29) is 30.1 Å². The second-order valence-electron chi connectivity index (χ2n) is 8.05. The number of aliphatic imine (C=N–C) groups is 1. The van der Waals surface area contributed by atoms with E-state index >= 15 is 0 Å². The highest BCUT2D eigenvalue weighted by molar-refractivity contribution is 14.0. The molecule has 0 spiro atoms. The lowest BCUT2D eigenvalue weighted by atomic mass is 10.0. The van der Waals surface area contributed by atoms with Crippen LogP contribution in [0.1, 0.15) is 42.6 Å². The fourth-order valence-electron chi connectivity index (χ4n) is 4.25. The molecule has 7 heteroatoms. The van der Waals surface area contributed by atoms with Crippen molar-refractivity contribution in [1.29, 1.82) is 0 Å². The number of anilines is 1. The van der Waals surface area contributed by atoms with Crippen molar-refractivity contribution in [3.05, 3.63) is 59.3 Å². The summed E-state index contributed by atoms with van der Waals surface area (Å²) in [4.78, 5) is 14.2. The lowest BCUT2D eigenvalue weighted by molar-refractivity contribution is -0.00834. The Bertz CT molecular complexity index is 869. The maximum Gasteiger partial charge on any atom is 0.194 e. The highest BCUT2D eigenvalue weighted by Gasteiger charge is 2.25. The molecule has 2 fully saturated rings. The van der Waals surface area contributed by atoms with Gasteiger partial charge in [-0.2, -0.15) is 0 Å². The SMILES string of the molecule is CCNC(=NCc1ccnc(N2CCCC2)c1)N1CCOC(c2ccccc2C)C1.I. The van der Waals surface area contributed by atoms with Gasteiger partial charge in [-0.3, -0.25) is 0 Å². The average molecular weight is 535 g/mol. The van der Waals surface area contributed by atoms with Crippen molar-refractivity contribution in [3.63, 3.8) is 0 Å². The van der Waals surface area contributed by atoms with Crippen molar-refractivity contribution in [3.8, 4) is 0 Å². The standard InChI is InChI=1S/C24H33N5O.HI/c1-3-25-24(27-17-20-10-11-26-23(16-20)28-12-6-7-13-28)29-14-15-30-22(18-29)21-9-5-4-8-19(21)2;/h4-5,8-11,16,22H,3,6-7,12-15,17-18H2,1-2H3,(H,25,27);1H. The van der Waals surface area contributed by atoms with Crippen molar-refractivity contribution in [2.24, 2.45) is 4.99 Å². The molecule has 2 saturated heterocycles. The van der Waals surface area contributed by atoms with E-state index in [2.05, 4.69) is 70.3 Å². The topological polar surface area (TPSA) is 53.0 Å². The molecule has 1 unspecified atom stereocenters. The number of rotatable bonds is 5. The first kappa shape index (κ1) is 23.8. The highest BCUT2D eigenvalue weighted by Crippen LogP contribution is 2.25. The Morgan fingerprint density at radius 2 is 2.00 bits per heavy atom. The number of pyridine rings is 1. The van der Waals surface area contributed by atoms with Crippen LogP contribution in [0.25, 0.3) is 0 Å². The number of benzene rings is 1. The van der Waals surface area contributed by atoms with Crippen LogP contribution in [0, 0.1) is 6.92 Å². The molecule has 0 amide bonds. The fraction of sp³-hybridized carbons (Fsp3) is 0.500. The van der Waals surface area contributed by atoms with Gasteiger partial charge in [-0.15, -0.1) is 24.0 Å². The van der Waals surface area contributed by atoms with Crippen LogP contribution in [0.3, 0.4) is 0 Å². The minimum atomic E-state index is 0. The average Bonchev–Trinajstić information content (AvgIpc) is 3.32. The molecule has 1 N–H and O–H groups in total. The van der Waals surface area contributed by atoms with Crippen LogP contribution >= 0.6 is 24.0 Å². The predicted octanol–water partition coefficient (Wildman–Crippen LogP) is 4.15. The lowest BCUT2D eigenvalue weighted by Gasteiger charge is -2.35. The van der Waals surface area contributed by atoms with Crippen LogP contribution in [-0.4, -0.2) is 55.2 Å². The van der Waals surface area contributed by atoms with Crippen molar-refractivity contribution in [1.82, 2.24) is 15.2 Å². The van der Waals surface area contributed by atoms with Crippen LogP contribution in [0.15, 0.2) is 47.6 Å². The van der Waals surface area contributed by atoms with Crippen LogP contribution in [0.2, 0.25) is 0 Å². The first-order chi connectivity index (χ1) is 14.7. The summed E-state index contributed by atoms with van der Waals surface area (Å²) in [6, 6.07) is 12.8. The van der Waals surface area contributed by atoms with E-state index in [9.17, 15) is 0 Å². The van der Waals surface area contributed by atoms with Crippen LogP contribution in [0.4, 0.5) is 5.82 Å². The summed E-state index contributed by atoms with van der Waals surface area (Å²) in [7, 11) is 0. The summed E-state index contributed by atoms with van der Waals surface area (Å²) >= 11 is 0. The predicted molar refractivity (Wildman–Crippen MR) is 137 cm³/mol. The largest absolute Gasteiger partial charge is 0.370 e. The summed E-state index contributed by atoms with van der Waals surface area (Å²) in [6.45, 7) is 10.4. The van der Waals surface area contributed by atoms with Gasteiger partial charge in [0.15, 0.2) is 5.96 Å². The molecular formula is C24H34IN5O. The number of morpholine rings is 1. The Balaban J connectivity index is 0.00000272. The molecule has 1 aromatic heterocycles. The normalized spacial score (nSPS) is 19.3. The zero-order valence-corrected chi connectivity index (χ0v) is 20.9. The summed E-state index contributed by atoms with van der Waals surface area (Å²) < 4.78 is 6.10. The number of nitrogens with one attached hydrogen (secondary N) is 1. The number of guanidine groups is 1. The maximum atomic E-state index is 6.10. The molecule has 3 heterocycles. The molecule has 2 aliphatic heterocycles. The molecule has 4 rings (SSSR count). The van der Waals surface area contributed by atoms with E-state index in [1.54, 1.807) is 0 Å². The van der Waals surface area contributed by atoms with E-state index in [0.29, 0.717) is 13.2 Å². The third-order valence-electron chi connectivity index (χ3n) is 5.89. The Labute approximate surface area is 203 Å². The van der Waals surface area contributed by atoms with E-state index in [1.165, 1.54) is 29.5 Å². The fourth-order valence-corrected chi connectivity index (χ4v) is 4.25. The van der Waals surface area contributed by atoms with Gasteiger partial charge in [0.05, 0.1) is 19.7 Å². The minimum absolute atomic E-state index is 0. The van der Waals surface area contributed by atoms with E-state index in [1.807, 2.05) is 6.20 Å². The van der Waals surface area contributed by atoms with Gasteiger partial charge in [0, 0.05) is 32.4 Å². The minimum Gasteiger partial charge on any atom is -0.370 e. The molecule has 0 saturated carbocycles. The summed E-state index contributed by atoms with van der Waals surface area (Å²) in [5.41, 5.74) is 3.74. The molecule has 2 aromatic rings. The van der Waals surface area contributed by atoms with Gasteiger partial charge >= 0.3 is 0 Å². The molecule has 0 aliphatic carbocycles. The van der Waals surface area contributed by atoms with Crippen molar-refractivity contribution < 1.29 is 4.74 Å². The number of aromatic nitrogens is 1. The Hall–Kier alpha value is -1.87. The Morgan fingerprint density at radius 3 is 2.77 bits per heavy atom. The van der Waals surface area contributed by atoms with Crippen molar-refractivity contribution in [2.75, 3.05) is 44.2 Å².